The van der Waals surface area contributed by atoms with Crippen LogP contribution in [0.5, 0.6) is 0 Å². The standard InChI is InChI=1S/C13H18N2O2/c16-12-6-11(7-12)14-9-13(17)15-8-10-4-2-1-3-5-10/h1-5,11-12,14,16H,6-9H2,(H,15,17). The Morgan fingerprint density at radius 3 is 2.65 bits per heavy atom. The third kappa shape index (κ3) is 3.84. The lowest BCUT2D eigenvalue weighted by Crippen LogP contribution is -2.47. The smallest absolute Gasteiger partial charge is 0.234 e. The lowest BCUT2D eigenvalue weighted by Gasteiger charge is -2.31. The summed E-state index contributed by atoms with van der Waals surface area (Å²) in [5.41, 5.74) is 1.10. The van der Waals surface area contributed by atoms with Crippen LogP contribution in [-0.2, 0) is 11.3 Å². The van der Waals surface area contributed by atoms with E-state index in [1.165, 1.54) is 0 Å². The second kappa shape index (κ2) is 5.80. The molecule has 4 heteroatoms. The van der Waals surface area contributed by atoms with Gasteiger partial charge >= 0.3 is 0 Å². The third-order valence-corrected chi connectivity index (χ3v) is 3.00. The number of rotatable bonds is 5. The van der Waals surface area contributed by atoms with Gasteiger partial charge in [-0.3, -0.25) is 4.79 Å². The minimum absolute atomic E-state index is 0.00440. The predicted octanol–water partition coefficient (Wildman–Crippen LogP) is 0.416. The van der Waals surface area contributed by atoms with E-state index in [1.54, 1.807) is 0 Å². The lowest BCUT2D eigenvalue weighted by atomic mass is 9.89. The zero-order chi connectivity index (χ0) is 12.1. The first kappa shape index (κ1) is 12.1. The molecular weight excluding hydrogens is 216 g/mol. The summed E-state index contributed by atoms with van der Waals surface area (Å²) < 4.78 is 0. The maximum Gasteiger partial charge on any atom is 0.234 e. The summed E-state index contributed by atoms with van der Waals surface area (Å²) >= 11 is 0. The molecule has 0 atom stereocenters. The summed E-state index contributed by atoms with van der Waals surface area (Å²) in [7, 11) is 0. The van der Waals surface area contributed by atoms with Crippen LogP contribution >= 0.6 is 0 Å². The molecule has 92 valence electrons. The Morgan fingerprint density at radius 2 is 2.00 bits per heavy atom. The van der Waals surface area contributed by atoms with E-state index in [0.717, 1.165) is 18.4 Å². The maximum atomic E-state index is 11.5. The number of hydrogen-bond donors (Lipinski definition) is 3. The molecule has 4 nitrogen and oxygen atoms in total. The van der Waals surface area contributed by atoms with Crippen molar-refractivity contribution >= 4 is 5.91 Å². The Hall–Kier alpha value is -1.39. The highest BCUT2D eigenvalue weighted by atomic mass is 16.3. The molecule has 1 amide bonds. The predicted molar refractivity (Wildman–Crippen MR) is 65.3 cm³/mol. The minimum Gasteiger partial charge on any atom is -0.393 e. The summed E-state index contributed by atoms with van der Waals surface area (Å²) in [6.07, 6.45) is 1.33. The monoisotopic (exact) mass is 234 g/mol. The van der Waals surface area contributed by atoms with Gasteiger partial charge in [-0.25, -0.2) is 0 Å². The van der Waals surface area contributed by atoms with Gasteiger partial charge in [-0.2, -0.15) is 0 Å². The Morgan fingerprint density at radius 1 is 1.29 bits per heavy atom. The molecule has 0 saturated heterocycles. The Kier molecular flexibility index (Phi) is 4.12. The number of benzene rings is 1. The van der Waals surface area contributed by atoms with Crippen molar-refractivity contribution in [1.82, 2.24) is 10.6 Å². The molecule has 0 radical (unpaired) electrons. The van der Waals surface area contributed by atoms with Gasteiger partial charge in [0.05, 0.1) is 12.6 Å². The highest BCUT2D eigenvalue weighted by molar-refractivity contribution is 5.78. The van der Waals surface area contributed by atoms with E-state index < -0.39 is 0 Å². The van der Waals surface area contributed by atoms with Crippen molar-refractivity contribution in [3.63, 3.8) is 0 Å². The molecule has 0 aliphatic heterocycles. The van der Waals surface area contributed by atoms with Gasteiger partial charge < -0.3 is 15.7 Å². The van der Waals surface area contributed by atoms with Crippen molar-refractivity contribution in [1.29, 1.82) is 0 Å². The average Bonchev–Trinajstić information content (AvgIpc) is 2.32. The molecule has 0 bridgehead atoms. The van der Waals surface area contributed by atoms with Crippen molar-refractivity contribution in [3.05, 3.63) is 35.9 Å². The summed E-state index contributed by atoms with van der Waals surface area (Å²) in [6.45, 7) is 0.888. The summed E-state index contributed by atoms with van der Waals surface area (Å²) in [6, 6.07) is 10.1. The zero-order valence-corrected chi connectivity index (χ0v) is 9.73. The fourth-order valence-electron chi connectivity index (χ4n) is 1.85. The molecule has 3 N–H and O–H groups in total. The number of carbonyl (C=O) groups excluding carboxylic acids is 1. The van der Waals surface area contributed by atoms with Gasteiger partial charge in [0.2, 0.25) is 5.91 Å². The minimum atomic E-state index is -0.181. The SMILES string of the molecule is O=C(CNC1CC(O)C1)NCc1ccccc1. The molecule has 1 saturated carbocycles. The first-order valence-corrected chi connectivity index (χ1v) is 5.96. The van der Waals surface area contributed by atoms with E-state index in [0.29, 0.717) is 19.1 Å². The molecule has 0 spiro atoms. The number of hydrogen-bond acceptors (Lipinski definition) is 3. The van der Waals surface area contributed by atoms with Crippen LogP contribution in [0.1, 0.15) is 18.4 Å². The highest BCUT2D eigenvalue weighted by Gasteiger charge is 2.26. The normalized spacial score (nSPS) is 22.9. The Bertz CT molecular complexity index is 361. The first-order chi connectivity index (χ1) is 8.24. The van der Waals surface area contributed by atoms with Gasteiger partial charge in [0.25, 0.3) is 0 Å². The van der Waals surface area contributed by atoms with Gasteiger partial charge in [0.1, 0.15) is 0 Å². The van der Waals surface area contributed by atoms with Crippen LogP contribution in [0.25, 0.3) is 0 Å². The number of nitrogens with one attached hydrogen (secondary N) is 2. The van der Waals surface area contributed by atoms with Crippen LogP contribution in [0.15, 0.2) is 30.3 Å². The molecule has 17 heavy (non-hydrogen) atoms. The molecule has 2 rings (SSSR count). The van der Waals surface area contributed by atoms with E-state index in [-0.39, 0.29) is 12.0 Å². The molecule has 1 fully saturated rings. The maximum absolute atomic E-state index is 11.5. The van der Waals surface area contributed by atoms with Crippen molar-refractivity contribution in [2.45, 2.75) is 31.5 Å². The molecular formula is C13H18N2O2. The Labute approximate surface area is 101 Å². The van der Waals surface area contributed by atoms with Gasteiger partial charge in [-0.15, -0.1) is 0 Å². The van der Waals surface area contributed by atoms with Crippen LogP contribution in [-0.4, -0.2) is 29.7 Å². The van der Waals surface area contributed by atoms with Gasteiger partial charge in [-0.1, -0.05) is 30.3 Å². The molecule has 1 aliphatic carbocycles. The molecule has 1 aliphatic rings. The van der Waals surface area contributed by atoms with E-state index in [4.69, 9.17) is 5.11 Å². The lowest BCUT2D eigenvalue weighted by molar-refractivity contribution is -0.120. The largest absolute Gasteiger partial charge is 0.393 e. The number of aliphatic hydroxyl groups excluding tert-OH is 1. The first-order valence-electron chi connectivity index (χ1n) is 5.96. The summed E-state index contributed by atoms with van der Waals surface area (Å²) in [5.74, 6) is -0.00440. The highest BCUT2D eigenvalue weighted by Crippen LogP contribution is 2.18. The van der Waals surface area contributed by atoms with E-state index in [1.807, 2.05) is 30.3 Å². The van der Waals surface area contributed by atoms with Gasteiger partial charge in [-0.05, 0) is 18.4 Å². The van der Waals surface area contributed by atoms with Crippen molar-refractivity contribution in [2.24, 2.45) is 0 Å². The molecule has 0 heterocycles. The van der Waals surface area contributed by atoms with E-state index in [9.17, 15) is 4.79 Å². The number of carbonyl (C=O) groups is 1. The van der Waals surface area contributed by atoms with E-state index in [2.05, 4.69) is 10.6 Å². The topological polar surface area (TPSA) is 61.4 Å². The molecule has 0 unspecified atom stereocenters. The van der Waals surface area contributed by atoms with Crippen molar-refractivity contribution < 1.29 is 9.90 Å². The average molecular weight is 234 g/mol. The number of aliphatic hydroxyl groups is 1. The molecule has 1 aromatic carbocycles. The van der Waals surface area contributed by atoms with Crippen LogP contribution in [0, 0.1) is 0 Å². The van der Waals surface area contributed by atoms with Gasteiger partial charge in [0, 0.05) is 12.6 Å². The second-order valence-corrected chi connectivity index (χ2v) is 4.47. The quantitative estimate of drug-likeness (QED) is 0.692. The van der Waals surface area contributed by atoms with Crippen LogP contribution in [0.2, 0.25) is 0 Å². The van der Waals surface area contributed by atoms with Crippen molar-refractivity contribution in [2.75, 3.05) is 6.54 Å². The van der Waals surface area contributed by atoms with Gasteiger partial charge in [0.15, 0.2) is 0 Å². The Balaban J connectivity index is 1.61. The zero-order valence-electron chi connectivity index (χ0n) is 9.73. The molecule has 1 aromatic rings. The second-order valence-electron chi connectivity index (χ2n) is 4.47. The third-order valence-electron chi connectivity index (χ3n) is 3.00. The van der Waals surface area contributed by atoms with Crippen LogP contribution < -0.4 is 10.6 Å². The van der Waals surface area contributed by atoms with E-state index >= 15 is 0 Å². The van der Waals surface area contributed by atoms with Crippen LogP contribution in [0.3, 0.4) is 0 Å². The van der Waals surface area contributed by atoms with Crippen molar-refractivity contribution in [3.8, 4) is 0 Å². The fourth-order valence-corrected chi connectivity index (χ4v) is 1.85. The summed E-state index contributed by atoms with van der Waals surface area (Å²) in [4.78, 5) is 11.5. The summed E-state index contributed by atoms with van der Waals surface area (Å²) in [5, 5.41) is 15.1. The fraction of sp³-hybridized carbons (Fsp3) is 0.462. The molecule has 0 aromatic heterocycles. The van der Waals surface area contributed by atoms with Crippen LogP contribution in [0.4, 0.5) is 0 Å². The number of amides is 1.